The van der Waals surface area contributed by atoms with Crippen LogP contribution in [0.3, 0.4) is 0 Å². The Labute approximate surface area is 177 Å². The largest absolute Gasteiger partial charge is 0.366 e. The number of nitrogens with zero attached hydrogens (tertiary/aromatic N) is 2. The van der Waals surface area contributed by atoms with Gasteiger partial charge >= 0.3 is 0 Å². The number of hydrogen-bond acceptors (Lipinski definition) is 3. The zero-order valence-electron chi connectivity index (χ0n) is 17.1. The van der Waals surface area contributed by atoms with Gasteiger partial charge in [-0.1, -0.05) is 48.9 Å². The van der Waals surface area contributed by atoms with Crippen LogP contribution in [0, 0.1) is 0 Å². The molecule has 0 aromatic heterocycles. The number of carbonyl (C=O) groups is 1. The molecule has 0 bridgehead atoms. The fraction of sp³-hybridized carbons (Fsp3) is 0.435. The van der Waals surface area contributed by atoms with E-state index >= 15 is 0 Å². The Morgan fingerprint density at radius 2 is 2.07 bits per heavy atom. The summed E-state index contributed by atoms with van der Waals surface area (Å²) < 4.78 is 13.7. The van der Waals surface area contributed by atoms with Crippen molar-refractivity contribution in [2.24, 2.45) is 0 Å². The average Bonchev–Trinajstić information content (AvgIpc) is 3.15. The van der Waals surface area contributed by atoms with Gasteiger partial charge in [0.25, 0.3) is 5.91 Å². The number of amides is 1. The van der Waals surface area contributed by atoms with Crippen molar-refractivity contribution in [1.29, 1.82) is 0 Å². The molecule has 1 N–H and O–H groups in total. The number of likely N-dealkylation sites (N-methyl/N-ethyl adjacent to an activating group) is 1. The van der Waals surface area contributed by atoms with E-state index in [-0.39, 0.29) is 11.9 Å². The number of halogens is 2. The number of benzene rings is 2. The molecular weight excluding hydrogens is 389 g/mol. The quantitative estimate of drug-likeness (QED) is 0.676. The predicted molar refractivity (Wildman–Crippen MR) is 118 cm³/mol. The molecule has 0 spiro atoms. The van der Waals surface area contributed by atoms with E-state index in [0.717, 1.165) is 30.8 Å². The fourth-order valence-electron chi connectivity index (χ4n) is 3.74. The topological polar surface area (TPSA) is 35.6 Å². The van der Waals surface area contributed by atoms with E-state index in [1.54, 1.807) is 6.07 Å². The summed E-state index contributed by atoms with van der Waals surface area (Å²) in [6.45, 7) is 4.62. The Morgan fingerprint density at radius 3 is 2.69 bits per heavy atom. The molecule has 6 heteroatoms. The van der Waals surface area contributed by atoms with Crippen molar-refractivity contribution in [1.82, 2.24) is 10.2 Å². The van der Waals surface area contributed by atoms with Crippen LogP contribution in [0.5, 0.6) is 0 Å². The molecule has 4 nitrogen and oxygen atoms in total. The normalized spacial score (nSPS) is 17.9. The van der Waals surface area contributed by atoms with E-state index in [1.165, 1.54) is 0 Å². The summed E-state index contributed by atoms with van der Waals surface area (Å²) in [6.07, 6.45) is 0.727. The zero-order valence-corrected chi connectivity index (χ0v) is 17.8. The highest BCUT2D eigenvalue weighted by Gasteiger charge is 2.27. The summed E-state index contributed by atoms with van der Waals surface area (Å²) in [5, 5.41) is 3.29. The van der Waals surface area contributed by atoms with Gasteiger partial charge in [0, 0.05) is 38.9 Å². The molecule has 1 aliphatic rings. The molecule has 156 valence electrons. The van der Waals surface area contributed by atoms with Gasteiger partial charge in [0.2, 0.25) is 0 Å². The van der Waals surface area contributed by atoms with Crippen LogP contribution in [-0.2, 0) is 0 Å². The van der Waals surface area contributed by atoms with Gasteiger partial charge in [0.15, 0.2) is 0 Å². The van der Waals surface area contributed by atoms with E-state index < -0.39 is 6.17 Å². The molecule has 2 atom stereocenters. The molecule has 1 amide bonds. The lowest BCUT2D eigenvalue weighted by atomic mass is 10.0. The Kier molecular flexibility index (Phi) is 7.51. The van der Waals surface area contributed by atoms with Gasteiger partial charge in [-0.25, -0.2) is 4.39 Å². The van der Waals surface area contributed by atoms with Crippen molar-refractivity contribution < 1.29 is 9.18 Å². The van der Waals surface area contributed by atoms with E-state index in [2.05, 4.69) is 27.2 Å². The number of nitrogens with one attached hydrogen (secondary N) is 1. The molecule has 0 radical (unpaired) electrons. The molecule has 1 saturated heterocycles. The van der Waals surface area contributed by atoms with E-state index in [1.807, 2.05) is 44.3 Å². The second-order valence-corrected chi connectivity index (χ2v) is 8.01. The minimum atomic E-state index is -0.743. The van der Waals surface area contributed by atoms with Crippen LogP contribution in [-0.4, -0.2) is 50.2 Å². The minimum absolute atomic E-state index is 0.0531. The van der Waals surface area contributed by atoms with Crippen molar-refractivity contribution in [3.8, 4) is 0 Å². The van der Waals surface area contributed by atoms with Crippen molar-refractivity contribution >= 4 is 23.2 Å². The minimum Gasteiger partial charge on any atom is -0.366 e. The molecular formula is C23H29ClFN3O. The smallest absolute Gasteiger partial charge is 0.252 e. The maximum absolute atomic E-state index is 13.7. The first-order valence-corrected chi connectivity index (χ1v) is 10.6. The highest BCUT2D eigenvalue weighted by molar-refractivity contribution is 6.34. The third-order valence-electron chi connectivity index (χ3n) is 5.44. The SMILES string of the molecule is CCCNC(=O)c1ccc(N(C)[C@H](CN2CC[C@H](F)C2)c2ccccc2)cc1Cl. The van der Waals surface area contributed by atoms with Gasteiger partial charge in [-0.2, -0.15) is 0 Å². The van der Waals surface area contributed by atoms with Crippen LogP contribution in [0.2, 0.25) is 5.02 Å². The second-order valence-electron chi connectivity index (χ2n) is 7.60. The summed E-state index contributed by atoms with van der Waals surface area (Å²) in [5.74, 6) is -0.156. The van der Waals surface area contributed by atoms with E-state index in [0.29, 0.717) is 30.1 Å². The van der Waals surface area contributed by atoms with Crippen LogP contribution < -0.4 is 10.2 Å². The molecule has 29 heavy (non-hydrogen) atoms. The monoisotopic (exact) mass is 417 g/mol. The first-order chi connectivity index (χ1) is 14.0. The number of hydrogen-bond donors (Lipinski definition) is 1. The van der Waals surface area contributed by atoms with Crippen LogP contribution in [0.4, 0.5) is 10.1 Å². The van der Waals surface area contributed by atoms with Gasteiger partial charge in [0.05, 0.1) is 16.6 Å². The summed E-state index contributed by atoms with van der Waals surface area (Å²) >= 11 is 6.44. The predicted octanol–water partition coefficient (Wildman–Crippen LogP) is 4.70. The van der Waals surface area contributed by atoms with Crippen molar-refractivity contribution in [3.05, 3.63) is 64.7 Å². The third-order valence-corrected chi connectivity index (χ3v) is 5.75. The highest BCUT2D eigenvalue weighted by atomic mass is 35.5. The lowest BCUT2D eigenvalue weighted by Crippen LogP contribution is -2.35. The van der Waals surface area contributed by atoms with Crippen LogP contribution >= 0.6 is 11.6 Å². The molecule has 0 saturated carbocycles. The molecule has 0 unspecified atom stereocenters. The number of rotatable bonds is 8. The number of alkyl halides is 1. The van der Waals surface area contributed by atoms with Gasteiger partial charge in [-0.3, -0.25) is 9.69 Å². The number of anilines is 1. The second kappa shape index (κ2) is 10.1. The average molecular weight is 418 g/mol. The summed E-state index contributed by atoms with van der Waals surface area (Å²) in [6, 6.07) is 15.8. The maximum Gasteiger partial charge on any atom is 0.252 e. The highest BCUT2D eigenvalue weighted by Crippen LogP contribution is 2.31. The molecule has 2 aromatic carbocycles. The van der Waals surface area contributed by atoms with Crippen LogP contribution in [0.25, 0.3) is 0 Å². The standard InChI is InChI=1S/C23H29ClFN3O/c1-3-12-26-23(29)20-10-9-19(14-21(20)24)27(2)22(17-7-5-4-6-8-17)16-28-13-11-18(25)15-28/h4-10,14,18,22H,3,11-13,15-16H2,1-2H3,(H,26,29)/t18-,22+/m0/s1. The molecule has 2 aromatic rings. The summed E-state index contributed by atoms with van der Waals surface area (Å²) in [5.41, 5.74) is 2.57. The van der Waals surface area contributed by atoms with Gasteiger partial charge < -0.3 is 10.2 Å². The van der Waals surface area contributed by atoms with Crippen LogP contribution in [0.15, 0.2) is 48.5 Å². The summed E-state index contributed by atoms with van der Waals surface area (Å²) in [7, 11) is 2.02. The Bertz CT molecular complexity index is 817. The van der Waals surface area contributed by atoms with E-state index in [9.17, 15) is 9.18 Å². The van der Waals surface area contributed by atoms with Crippen LogP contribution in [0.1, 0.15) is 41.7 Å². The number of likely N-dealkylation sites (tertiary alicyclic amines) is 1. The van der Waals surface area contributed by atoms with Gasteiger partial charge in [-0.15, -0.1) is 0 Å². The Hall–Kier alpha value is -2.11. The van der Waals surface area contributed by atoms with Gasteiger partial charge in [0.1, 0.15) is 6.17 Å². The molecule has 1 fully saturated rings. The first kappa shape index (κ1) is 21.6. The molecule has 1 heterocycles. The zero-order chi connectivity index (χ0) is 20.8. The van der Waals surface area contributed by atoms with Crippen molar-refractivity contribution in [2.75, 3.05) is 38.1 Å². The summed E-state index contributed by atoms with van der Waals surface area (Å²) in [4.78, 5) is 16.6. The lowest BCUT2D eigenvalue weighted by molar-refractivity contribution is 0.0954. The lowest BCUT2D eigenvalue weighted by Gasteiger charge is -2.34. The maximum atomic E-state index is 13.7. The third kappa shape index (κ3) is 5.49. The fourth-order valence-corrected chi connectivity index (χ4v) is 4.00. The van der Waals surface area contributed by atoms with E-state index in [4.69, 9.17) is 11.6 Å². The van der Waals surface area contributed by atoms with Crippen molar-refractivity contribution in [3.63, 3.8) is 0 Å². The van der Waals surface area contributed by atoms with Crippen molar-refractivity contribution in [2.45, 2.75) is 32.0 Å². The Morgan fingerprint density at radius 1 is 1.31 bits per heavy atom. The molecule has 1 aliphatic heterocycles. The molecule has 3 rings (SSSR count). The Balaban J connectivity index is 1.82. The molecule has 0 aliphatic carbocycles. The first-order valence-electron chi connectivity index (χ1n) is 10.2. The van der Waals surface area contributed by atoms with Gasteiger partial charge in [-0.05, 0) is 36.6 Å². The number of carbonyl (C=O) groups excluding carboxylic acids is 1.